The minimum atomic E-state index is 0.417. The van der Waals surface area contributed by atoms with Crippen LogP contribution in [0.5, 0.6) is 5.75 Å². The molecule has 1 spiro atoms. The van der Waals surface area contributed by atoms with Crippen LogP contribution in [0.4, 0.5) is 16.0 Å². The number of hydrogen-bond acceptors (Lipinski definition) is 7. The normalized spacial score (nSPS) is 19.3. The van der Waals surface area contributed by atoms with E-state index in [1.54, 1.807) is 7.11 Å². The van der Waals surface area contributed by atoms with Crippen molar-refractivity contribution in [3.05, 3.63) is 24.3 Å². The topological polar surface area (TPSA) is 67.5 Å². The highest BCUT2D eigenvalue weighted by molar-refractivity contribution is 7.18. The molecule has 2 aliphatic heterocycles. The molecule has 2 N–H and O–H groups in total. The van der Waals surface area contributed by atoms with E-state index < -0.39 is 0 Å². The minimum Gasteiger partial charge on any atom is -0.497 e. The van der Waals surface area contributed by atoms with Crippen molar-refractivity contribution in [1.82, 2.24) is 10.2 Å². The fourth-order valence-electron chi connectivity index (χ4n) is 3.19. The van der Waals surface area contributed by atoms with Gasteiger partial charge in [0.05, 0.1) is 7.11 Å². The third-order valence-corrected chi connectivity index (χ3v) is 5.06. The molecule has 21 heavy (non-hydrogen) atoms. The second kappa shape index (κ2) is 4.49. The molecule has 4 rings (SSSR count). The molecule has 2 aliphatic rings. The first kappa shape index (κ1) is 12.7. The first-order valence-corrected chi connectivity index (χ1v) is 7.72. The van der Waals surface area contributed by atoms with E-state index in [0.29, 0.717) is 10.5 Å². The molecule has 110 valence electrons. The zero-order valence-electron chi connectivity index (χ0n) is 11.8. The summed E-state index contributed by atoms with van der Waals surface area (Å²) in [5.74, 6) is 0.901. The second-order valence-electron chi connectivity index (χ2n) is 5.83. The van der Waals surface area contributed by atoms with Crippen LogP contribution >= 0.6 is 11.3 Å². The molecular formula is C14H17N5OS. The van der Waals surface area contributed by atoms with Gasteiger partial charge in [0.2, 0.25) is 10.3 Å². The molecule has 1 aromatic heterocycles. The smallest absolute Gasteiger partial charge is 0.210 e. The molecule has 2 fully saturated rings. The minimum absolute atomic E-state index is 0.417. The summed E-state index contributed by atoms with van der Waals surface area (Å²) in [6.45, 7) is 4.30. The summed E-state index contributed by atoms with van der Waals surface area (Å²) in [6, 6.07) is 8.26. The predicted molar refractivity (Wildman–Crippen MR) is 84.2 cm³/mol. The lowest BCUT2D eigenvalue weighted by molar-refractivity contribution is 0.156. The van der Waals surface area contributed by atoms with Crippen molar-refractivity contribution in [3.8, 4) is 5.75 Å². The van der Waals surface area contributed by atoms with Gasteiger partial charge >= 0.3 is 0 Å². The Labute approximate surface area is 127 Å². The van der Waals surface area contributed by atoms with E-state index in [1.165, 1.54) is 17.0 Å². The molecular weight excluding hydrogens is 286 g/mol. The number of nitrogens with zero attached hydrogens (tertiary/aromatic N) is 4. The summed E-state index contributed by atoms with van der Waals surface area (Å²) in [6.07, 6.45) is 0. The van der Waals surface area contributed by atoms with Gasteiger partial charge in [-0.2, -0.15) is 0 Å². The molecule has 0 aliphatic carbocycles. The predicted octanol–water partition coefficient (Wildman–Crippen LogP) is 1.46. The van der Waals surface area contributed by atoms with Crippen LogP contribution in [0, 0.1) is 5.41 Å². The molecule has 0 amide bonds. The highest BCUT2D eigenvalue weighted by Crippen LogP contribution is 2.44. The van der Waals surface area contributed by atoms with Gasteiger partial charge in [0.25, 0.3) is 0 Å². The summed E-state index contributed by atoms with van der Waals surface area (Å²) in [5, 5.41) is 9.46. The molecule has 6 nitrogen and oxygen atoms in total. The first-order chi connectivity index (χ1) is 10.2. The monoisotopic (exact) mass is 303 g/mol. The van der Waals surface area contributed by atoms with Crippen LogP contribution in [0.3, 0.4) is 0 Å². The van der Waals surface area contributed by atoms with E-state index in [1.807, 2.05) is 12.1 Å². The van der Waals surface area contributed by atoms with Gasteiger partial charge in [-0.1, -0.05) is 11.3 Å². The Morgan fingerprint density at radius 2 is 1.76 bits per heavy atom. The molecule has 0 unspecified atom stereocenters. The second-order valence-corrected chi connectivity index (χ2v) is 6.82. The van der Waals surface area contributed by atoms with Crippen molar-refractivity contribution in [1.29, 1.82) is 0 Å². The van der Waals surface area contributed by atoms with Crippen molar-refractivity contribution in [2.75, 3.05) is 48.8 Å². The number of nitrogens with two attached hydrogens (primary N) is 1. The molecule has 0 bridgehead atoms. The van der Waals surface area contributed by atoms with E-state index in [9.17, 15) is 0 Å². The van der Waals surface area contributed by atoms with Crippen LogP contribution in [-0.4, -0.2) is 43.5 Å². The average molecular weight is 303 g/mol. The van der Waals surface area contributed by atoms with Gasteiger partial charge in [0, 0.05) is 37.3 Å². The van der Waals surface area contributed by atoms with E-state index in [0.717, 1.165) is 37.1 Å². The lowest BCUT2D eigenvalue weighted by Gasteiger charge is -2.60. The number of benzene rings is 1. The van der Waals surface area contributed by atoms with Crippen molar-refractivity contribution >= 4 is 27.3 Å². The maximum Gasteiger partial charge on any atom is 0.210 e. The zero-order chi connectivity index (χ0) is 14.4. The molecule has 0 saturated carbocycles. The number of nitrogen functional groups attached to an aromatic ring is 1. The summed E-state index contributed by atoms with van der Waals surface area (Å²) >= 11 is 1.46. The summed E-state index contributed by atoms with van der Waals surface area (Å²) in [4.78, 5) is 4.67. The number of hydrogen-bond donors (Lipinski definition) is 1. The highest BCUT2D eigenvalue weighted by atomic mass is 32.1. The largest absolute Gasteiger partial charge is 0.497 e. The van der Waals surface area contributed by atoms with Crippen molar-refractivity contribution in [2.24, 2.45) is 5.41 Å². The molecule has 3 heterocycles. The zero-order valence-corrected chi connectivity index (χ0v) is 12.6. The van der Waals surface area contributed by atoms with Gasteiger partial charge in [0.15, 0.2) is 0 Å². The standard InChI is InChI=1S/C14H17N5OS/c1-20-11-4-2-10(3-5-11)18-6-14(7-18)8-19(9-14)13-17-16-12(15)21-13/h2-5H,6-9H2,1H3,(H2,15,16). The van der Waals surface area contributed by atoms with Gasteiger partial charge in [-0.25, -0.2) is 0 Å². The SMILES string of the molecule is COc1ccc(N2CC3(C2)CN(c2nnc(N)s2)C3)cc1. The van der Waals surface area contributed by atoms with Crippen molar-refractivity contribution < 1.29 is 4.74 Å². The third kappa shape index (κ3) is 2.08. The lowest BCUT2D eigenvalue weighted by atomic mass is 9.73. The molecule has 0 radical (unpaired) electrons. The van der Waals surface area contributed by atoms with Gasteiger partial charge in [-0.05, 0) is 24.3 Å². The summed E-state index contributed by atoms with van der Waals surface area (Å²) in [5.41, 5.74) is 7.31. The number of ether oxygens (including phenoxy) is 1. The average Bonchev–Trinajstić information content (AvgIpc) is 2.83. The van der Waals surface area contributed by atoms with Gasteiger partial charge in [-0.3, -0.25) is 0 Å². The van der Waals surface area contributed by atoms with Gasteiger partial charge < -0.3 is 20.3 Å². The van der Waals surface area contributed by atoms with Crippen LogP contribution in [0.15, 0.2) is 24.3 Å². The molecule has 0 atom stereocenters. The maximum atomic E-state index is 5.63. The van der Waals surface area contributed by atoms with Crippen molar-refractivity contribution in [3.63, 3.8) is 0 Å². The molecule has 7 heteroatoms. The Bertz CT molecular complexity index is 642. The van der Waals surface area contributed by atoms with E-state index in [2.05, 4.69) is 32.1 Å². The Balaban J connectivity index is 1.35. The summed E-state index contributed by atoms with van der Waals surface area (Å²) in [7, 11) is 1.69. The lowest BCUT2D eigenvalue weighted by Crippen LogP contribution is -2.72. The van der Waals surface area contributed by atoms with Crippen molar-refractivity contribution in [2.45, 2.75) is 0 Å². The maximum absolute atomic E-state index is 5.63. The molecule has 1 aromatic carbocycles. The fraction of sp³-hybridized carbons (Fsp3) is 0.429. The van der Waals surface area contributed by atoms with Crippen LogP contribution in [0.2, 0.25) is 0 Å². The van der Waals surface area contributed by atoms with E-state index >= 15 is 0 Å². The number of anilines is 3. The van der Waals surface area contributed by atoms with Crippen LogP contribution in [-0.2, 0) is 0 Å². The fourth-order valence-corrected chi connectivity index (χ4v) is 3.80. The quantitative estimate of drug-likeness (QED) is 0.926. The van der Waals surface area contributed by atoms with E-state index in [4.69, 9.17) is 10.5 Å². The number of aromatic nitrogens is 2. The van der Waals surface area contributed by atoms with Gasteiger partial charge in [0.1, 0.15) is 5.75 Å². The highest BCUT2D eigenvalue weighted by Gasteiger charge is 2.52. The van der Waals surface area contributed by atoms with E-state index in [-0.39, 0.29) is 0 Å². The van der Waals surface area contributed by atoms with Crippen LogP contribution in [0.25, 0.3) is 0 Å². The number of methoxy groups -OCH3 is 1. The Morgan fingerprint density at radius 1 is 1.10 bits per heavy atom. The third-order valence-electron chi connectivity index (χ3n) is 4.24. The Morgan fingerprint density at radius 3 is 2.33 bits per heavy atom. The number of rotatable bonds is 3. The summed E-state index contributed by atoms with van der Waals surface area (Å²) < 4.78 is 5.19. The Kier molecular flexibility index (Phi) is 2.72. The molecule has 2 saturated heterocycles. The van der Waals surface area contributed by atoms with Gasteiger partial charge in [-0.15, -0.1) is 10.2 Å². The van der Waals surface area contributed by atoms with Crippen LogP contribution < -0.4 is 20.3 Å². The Hall–Kier alpha value is -2.02. The molecule has 2 aromatic rings. The first-order valence-electron chi connectivity index (χ1n) is 6.90. The van der Waals surface area contributed by atoms with Crippen LogP contribution in [0.1, 0.15) is 0 Å².